The van der Waals surface area contributed by atoms with Crippen LogP contribution in [0.15, 0.2) is 46.9 Å². The van der Waals surface area contributed by atoms with Crippen LogP contribution in [0.5, 0.6) is 5.75 Å². The number of benzene rings is 2. The van der Waals surface area contributed by atoms with E-state index in [0.29, 0.717) is 35.1 Å². The maximum absolute atomic E-state index is 12.9. The van der Waals surface area contributed by atoms with Crippen LogP contribution in [0, 0.1) is 5.92 Å². The maximum Gasteiger partial charge on any atom is 0.261 e. The predicted molar refractivity (Wildman–Crippen MR) is 146 cm³/mol. The first-order valence-corrected chi connectivity index (χ1v) is 12.9. The monoisotopic (exact) mass is 547 g/mol. The molecule has 0 spiro atoms. The molecule has 2 amide bonds. The van der Waals surface area contributed by atoms with Crippen molar-refractivity contribution < 1.29 is 14.3 Å². The van der Waals surface area contributed by atoms with Gasteiger partial charge in [0.1, 0.15) is 5.75 Å². The number of anilines is 1. The molecule has 0 saturated heterocycles. The summed E-state index contributed by atoms with van der Waals surface area (Å²) in [5, 5.41) is 5.87. The summed E-state index contributed by atoms with van der Waals surface area (Å²) in [6.45, 7) is 10.4. The molecule has 0 aromatic heterocycles. The standard InChI is InChI=1S/C26H34BrN3O3S/c1-5-14-30(15-6-2)25(32)19-7-10-21(11-8-19)28-26(34)29-24(31)22-17-20(27)9-12-23(22)33-16-13-18(3)4/h7-12,17-18H,5-6,13-16H2,1-4H3,(H2,28,29,31,34). The summed E-state index contributed by atoms with van der Waals surface area (Å²) < 4.78 is 6.60. The number of nitrogens with zero attached hydrogens (tertiary/aromatic N) is 1. The summed E-state index contributed by atoms with van der Waals surface area (Å²) in [7, 11) is 0. The zero-order chi connectivity index (χ0) is 25.1. The van der Waals surface area contributed by atoms with Crippen LogP contribution in [0.4, 0.5) is 5.69 Å². The summed E-state index contributed by atoms with van der Waals surface area (Å²) in [5.41, 5.74) is 1.71. The number of carbonyl (C=O) groups excluding carboxylic acids is 2. The first-order chi connectivity index (χ1) is 16.2. The second-order valence-corrected chi connectivity index (χ2v) is 9.77. The second kappa shape index (κ2) is 14.1. The second-order valence-electron chi connectivity index (χ2n) is 8.45. The minimum atomic E-state index is -0.361. The molecule has 6 nitrogen and oxygen atoms in total. The fourth-order valence-corrected chi connectivity index (χ4v) is 3.85. The molecule has 0 heterocycles. The molecule has 0 saturated carbocycles. The van der Waals surface area contributed by atoms with E-state index < -0.39 is 0 Å². The lowest BCUT2D eigenvalue weighted by Gasteiger charge is -2.21. The van der Waals surface area contributed by atoms with Crippen LogP contribution < -0.4 is 15.4 Å². The molecule has 2 rings (SSSR count). The molecule has 0 bridgehead atoms. The Labute approximate surface area is 216 Å². The summed E-state index contributed by atoms with van der Waals surface area (Å²) in [6, 6.07) is 12.4. The average molecular weight is 549 g/mol. The van der Waals surface area contributed by atoms with E-state index in [1.165, 1.54) is 0 Å². The van der Waals surface area contributed by atoms with Crippen molar-refractivity contribution in [2.45, 2.75) is 47.0 Å². The van der Waals surface area contributed by atoms with Crippen molar-refractivity contribution in [3.63, 3.8) is 0 Å². The van der Waals surface area contributed by atoms with Crippen molar-refractivity contribution in [2.24, 2.45) is 5.92 Å². The molecule has 0 unspecified atom stereocenters. The zero-order valence-electron chi connectivity index (χ0n) is 20.3. The Hall–Kier alpha value is -2.45. The Morgan fingerprint density at radius 2 is 1.71 bits per heavy atom. The SMILES string of the molecule is CCCN(CCC)C(=O)c1ccc(NC(=S)NC(=O)c2cc(Br)ccc2OCCC(C)C)cc1. The van der Waals surface area contributed by atoms with Crippen molar-refractivity contribution in [3.05, 3.63) is 58.1 Å². The maximum atomic E-state index is 12.9. The Bertz CT molecular complexity index is 974. The number of hydrogen-bond acceptors (Lipinski definition) is 4. The van der Waals surface area contributed by atoms with Gasteiger partial charge < -0.3 is 15.0 Å². The fourth-order valence-electron chi connectivity index (χ4n) is 3.28. The van der Waals surface area contributed by atoms with E-state index in [1.54, 1.807) is 36.4 Å². The third-order valence-corrected chi connectivity index (χ3v) is 5.73. The van der Waals surface area contributed by atoms with Crippen molar-refractivity contribution >= 4 is 50.8 Å². The molecule has 2 aromatic rings. The molecule has 0 fully saturated rings. The van der Waals surface area contributed by atoms with Gasteiger partial charge in [-0.25, -0.2) is 0 Å². The van der Waals surface area contributed by atoms with E-state index in [9.17, 15) is 9.59 Å². The molecule has 2 N–H and O–H groups in total. The van der Waals surface area contributed by atoms with Crippen LogP contribution in [0.25, 0.3) is 0 Å². The number of nitrogens with one attached hydrogen (secondary N) is 2. The van der Waals surface area contributed by atoms with Crippen molar-refractivity contribution in [2.75, 3.05) is 25.0 Å². The Morgan fingerprint density at radius 3 is 2.29 bits per heavy atom. The molecule has 0 radical (unpaired) electrons. The Morgan fingerprint density at radius 1 is 1.06 bits per heavy atom. The molecule has 34 heavy (non-hydrogen) atoms. The number of carbonyl (C=O) groups is 2. The number of rotatable bonds is 11. The lowest BCUT2D eigenvalue weighted by molar-refractivity contribution is 0.0755. The van der Waals surface area contributed by atoms with Gasteiger partial charge in [0.2, 0.25) is 0 Å². The van der Waals surface area contributed by atoms with Gasteiger partial charge >= 0.3 is 0 Å². The van der Waals surface area contributed by atoms with E-state index in [2.05, 4.69) is 54.3 Å². The third kappa shape index (κ3) is 8.72. The molecular formula is C26H34BrN3O3S. The van der Waals surface area contributed by atoms with Gasteiger partial charge in [-0.3, -0.25) is 14.9 Å². The van der Waals surface area contributed by atoms with Crippen LogP contribution in [0.1, 0.15) is 67.7 Å². The number of halogens is 1. The van der Waals surface area contributed by atoms with Gasteiger partial charge in [0.15, 0.2) is 5.11 Å². The topological polar surface area (TPSA) is 70.7 Å². The molecule has 0 atom stereocenters. The van der Waals surface area contributed by atoms with Gasteiger partial charge in [0.25, 0.3) is 11.8 Å². The molecule has 184 valence electrons. The first kappa shape index (κ1) is 27.8. The van der Waals surface area contributed by atoms with Gasteiger partial charge in [0.05, 0.1) is 12.2 Å². The quantitative estimate of drug-likeness (QED) is 0.324. The molecule has 0 aliphatic heterocycles. The van der Waals surface area contributed by atoms with Crippen LogP contribution in [-0.4, -0.2) is 41.5 Å². The van der Waals surface area contributed by atoms with Gasteiger partial charge in [-0.2, -0.15) is 0 Å². The highest BCUT2D eigenvalue weighted by molar-refractivity contribution is 9.10. The lowest BCUT2D eigenvalue weighted by atomic mass is 10.1. The van der Waals surface area contributed by atoms with Crippen molar-refractivity contribution in [3.8, 4) is 5.75 Å². The summed E-state index contributed by atoms with van der Waals surface area (Å²) in [5.74, 6) is 0.675. The number of thiocarbonyl (C=S) groups is 1. The van der Waals surface area contributed by atoms with E-state index in [4.69, 9.17) is 17.0 Å². The first-order valence-electron chi connectivity index (χ1n) is 11.7. The van der Waals surface area contributed by atoms with Crippen LogP contribution in [0.3, 0.4) is 0 Å². The Kier molecular flexibility index (Phi) is 11.5. The van der Waals surface area contributed by atoms with Crippen LogP contribution in [-0.2, 0) is 0 Å². The summed E-state index contributed by atoms with van der Waals surface area (Å²) in [6.07, 6.45) is 2.73. The molecule has 0 aliphatic rings. The number of amides is 2. The minimum absolute atomic E-state index is 0.0192. The number of hydrogen-bond donors (Lipinski definition) is 2. The van der Waals surface area contributed by atoms with Crippen LogP contribution in [0.2, 0.25) is 0 Å². The van der Waals surface area contributed by atoms with E-state index in [0.717, 1.165) is 36.8 Å². The van der Waals surface area contributed by atoms with Gasteiger partial charge in [-0.05, 0) is 79.9 Å². The highest BCUT2D eigenvalue weighted by Crippen LogP contribution is 2.24. The fraction of sp³-hybridized carbons (Fsp3) is 0.423. The average Bonchev–Trinajstić information content (AvgIpc) is 2.79. The minimum Gasteiger partial charge on any atom is -0.493 e. The largest absolute Gasteiger partial charge is 0.493 e. The smallest absolute Gasteiger partial charge is 0.261 e. The molecule has 2 aromatic carbocycles. The van der Waals surface area contributed by atoms with Gasteiger partial charge in [-0.1, -0.05) is 43.6 Å². The van der Waals surface area contributed by atoms with Crippen LogP contribution >= 0.6 is 28.1 Å². The molecule has 8 heteroatoms. The third-order valence-electron chi connectivity index (χ3n) is 5.03. The highest BCUT2D eigenvalue weighted by atomic mass is 79.9. The van der Waals surface area contributed by atoms with E-state index in [-0.39, 0.29) is 16.9 Å². The van der Waals surface area contributed by atoms with E-state index in [1.807, 2.05) is 11.0 Å². The summed E-state index contributed by atoms with van der Waals surface area (Å²) in [4.78, 5) is 27.5. The van der Waals surface area contributed by atoms with Gasteiger partial charge in [0, 0.05) is 28.8 Å². The predicted octanol–water partition coefficient (Wildman–Crippen LogP) is 6.26. The lowest BCUT2D eigenvalue weighted by Crippen LogP contribution is -2.34. The normalized spacial score (nSPS) is 10.6. The van der Waals surface area contributed by atoms with Crippen molar-refractivity contribution in [1.29, 1.82) is 0 Å². The summed E-state index contributed by atoms with van der Waals surface area (Å²) >= 11 is 8.74. The highest BCUT2D eigenvalue weighted by Gasteiger charge is 2.16. The van der Waals surface area contributed by atoms with Gasteiger partial charge in [-0.15, -0.1) is 0 Å². The molecule has 0 aliphatic carbocycles. The zero-order valence-corrected chi connectivity index (χ0v) is 22.7. The Balaban J connectivity index is 2.01. The molecular weight excluding hydrogens is 514 g/mol. The van der Waals surface area contributed by atoms with E-state index >= 15 is 0 Å². The number of ether oxygens (including phenoxy) is 1. The van der Waals surface area contributed by atoms with Crippen molar-refractivity contribution in [1.82, 2.24) is 10.2 Å².